The van der Waals surface area contributed by atoms with E-state index in [1.165, 1.54) is 0 Å². The summed E-state index contributed by atoms with van der Waals surface area (Å²) in [5.41, 5.74) is 3.54. The van der Waals surface area contributed by atoms with Crippen LogP contribution in [-0.2, 0) is 4.79 Å². The minimum atomic E-state index is 0.0788. The van der Waals surface area contributed by atoms with E-state index in [-0.39, 0.29) is 17.7 Å². The Hall–Kier alpha value is -3.45. The van der Waals surface area contributed by atoms with Crippen molar-refractivity contribution in [2.24, 2.45) is 5.92 Å². The molecule has 0 bridgehead atoms. The van der Waals surface area contributed by atoms with Gasteiger partial charge >= 0.3 is 0 Å². The zero-order chi connectivity index (χ0) is 22.8. The van der Waals surface area contributed by atoms with Gasteiger partial charge in [0.25, 0.3) is 5.91 Å². The smallest absolute Gasteiger partial charge is 0.253 e. The number of nitrogens with zero attached hydrogens (tertiary/aromatic N) is 3. The molecule has 3 aromatic rings. The molecular formula is C26H28N4O3. The van der Waals surface area contributed by atoms with Crippen molar-refractivity contribution in [3.05, 3.63) is 60.3 Å². The lowest BCUT2D eigenvalue weighted by Gasteiger charge is -2.32. The summed E-state index contributed by atoms with van der Waals surface area (Å²) in [5, 5.41) is 3.80. The first-order valence-corrected chi connectivity index (χ1v) is 11.4. The van der Waals surface area contributed by atoms with Crippen molar-refractivity contribution in [1.29, 1.82) is 0 Å². The number of nitrogens with one attached hydrogen (secondary N) is 1. The van der Waals surface area contributed by atoms with E-state index in [1.54, 1.807) is 6.20 Å². The van der Waals surface area contributed by atoms with Crippen molar-refractivity contribution in [2.45, 2.75) is 6.42 Å². The third-order valence-corrected chi connectivity index (χ3v) is 6.47. The van der Waals surface area contributed by atoms with Gasteiger partial charge in [0.15, 0.2) is 0 Å². The second kappa shape index (κ2) is 9.19. The quantitative estimate of drug-likeness (QED) is 0.655. The normalized spacial score (nSPS) is 19.0. The van der Waals surface area contributed by atoms with E-state index in [0.29, 0.717) is 25.1 Å². The van der Waals surface area contributed by atoms with Crippen LogP contribution in [0, 0.1) is 5.92 Å². The minimum absolute atomic E-state index is 0.0788. The van der Waals surface area contributed by atoms with Crippen molar-refractivity contribution in [1.82, 2.24) is 20.1 Å². The maximum Gasteiger partial charge on any atom is 0.253 e. The Labute approximate surface area is 193 Å². The maximum absolute atomic E-state index is 12.9. The van der Waals surface area contributed by atoms with Crippen molar-refractivity contribution >= 4 is 22.7 Å². The Bertz CT molecular complexity index is 1170. The number of piperazine rings is 1. The molecule has 2 amide bonds. The first kappa shape index (κ1) is 21.4. The van der Waals surface area contributed by atoms with Gasteiger partial charge in [0.2, 0.25) is 5.91 Å². The van der Waals surface area contributed by atoms with Crippen LogP contribution in [0.3, 0.4) is 0 Å². The molecule has 0 aliphatic carbocycles. The third-order valence-electron chi connectivity index (χ3n) is 6.47. The fourth-order valence-corrected chi connectivity index (χ4v) is 4.42. The molecule has 0 saturated carbocycles. The van der Waals surface area contributed by atoms with Gasteiger partial charge in [0.05, 0.1) is 12.1 Å². The SMILES string of the molecule is CN1CCN(C(=O)c2ccc(-c3cc(OC[C@H]4CNC(=O)C4)c4cccnc4c3)cc2)CC1. The number of carbonyl (C=O) groups excluding carboxylic acids is 2. The van der Waals surface area contributed by atoms with Crippen molar-refractivity contribution in [3.8, 4) is 16.9 Å². The standard InChI is InChI=1S/C26H28N4O3/c1-29-9-11-30(12-10-29)26(32)20-6-4-19(5-7-20)21-14-23-22(3-2-8-27-23)24(15-21)33-17-18-13-25(31)28-16-18/h2-8,14-15,18H,9-13,16-17H2,1H3,(H,28,31)/t18-/m1/s1. The summed E-state index contributed by atoms with van der Waals surface area (Å²) in [6.07, 6.45) is 2.27. The molecule has 2 aromatic carbocycles. The summed E-state index contributed by atoms with van der Waals surface area (Å²) in [7, 11) is 2.08. The molecule has 3 heterocycles. The molecule has 1 N–H and O–H groups in total. The highest BCUT2D eigenvalue weighted by Crippen LogP contribution is 2.32. The lowest BCUT2D eigenvalue weighted by molar-refractivity contribution is -0.119. The number of fused-ring (bicyclic) bond motifs is 1. The number of carbonyl (C=O) groups is 2. The van der Waals surface area contributed by atoms with Crippen LogP contribution in [0.4, 0.5) is 0 Å². The van der Waals surface area contributed by atoms with E-state index in [9.17, 15) is 9.59 Å². The van der Waals surface area contributed by atoms with Crippen molar-refractivity contribution in [3.63, 3.8) is 0 Å². The lowest BCUT2D eigenvalue weighted by atomic mass is 10.0. The zero-order valence-corrected chi connectivity index (χ0v) is 18.8. The van der Waals surface area contributed by atoms with Crippen LogP contribution in [0.15, 0.2) is 54.7 Å². The number of benzene rings is 2. The van der Waals surface area contributed by atoms with E-state index >= 15 is 0 Å². The monoisotopic (exact) mass is 444 g/mol. The number of hydrogen-bond acceptors (Lipinski definition) is 5. The molecule has 33 heavy (non-hydrogen) atoms. The minimum Gasteiger partial charge on any atom is -0.492 e. The average Bonchev–Trinajstić information content (AvgIpc) is 3.27. The first-order valence-electron chi connectivity index (χ1n) is 11.4. The Morgan fingerprint density at radius 1 is 1.09 bits per heavy atom. The van der Waals surface area contributed by atoms with Gasteiger partial charge in [-0.25, -0.2) is 0 Å². The Morgan fingerprint density at radius 3 is 2.61 bits per heavy atom. The van der Waals surface area contributed by atoms with Crippen molar-refractivity contribution in [2.75, 3.05) is 46.4 Å². The molecule has 7 nitrogen and oxygen atoms in total. The summed E-state index contributed by atoms with van der Waals surface area (Å²) in [6.45, 7) is 4.46. The van der Waals surface area contributed by atoms with Crippen LogP contribution < -0.4 is 10.1 Å². The molecule has 0 radical (unpaired) electrons. The summed E-state index contributed by atoms with van der Waals surface area (Å²) in [5.74, 6) is 1.09. The van der Waals surface area contributed by atoms with Gasteiger partial charge in [-0.1, -0.05) is 12.1 Å². The highest BCUT2D eigenvalue weighted by atomic mass is 16.5. The van der Waals surface area contributed by atoms with Gasteiger partial charge in [0, 0.05) is 62.2 Å². The average molecular weight is 445 g/mol. The molecular weight excluding hydrogens is 416 g/mol. The topological polar surface area (TPSA) is 74.8 Å². The number of aromatic nitrogens is 1. The molecule has 7 heteroatoms. The summed E-state index contributed by atoms with van der Waals surface area (Å²) < 4.78 is 6.17. The van der Waals surface area contributed by atoms with E-state index in [4.69, 9.17) is 4.74 Å². The van der Waals surface area contributed by atoms with Gasteiger partial charge in [-0.15, -0.1) is 0 Å². The predicted octanol–water partition coefficient (Wildman–Crippen LogP) is 2.80. The number of rotatable bonds is 5. The van der Waals surface area contributed by atoms with Crippen LogP contribution >= 0.6 is 0 Å². The molecule has 1 atom stereocenters. The largest absolute Gasteiger partial charge is 0.492 e. The molecule has 5 rings (SSSR count). The molecule has 170 valence electrons. The van der Waals surface area contributed by atoms with E-state index in [1.807, 2.05) is 53.4 Å². The predicted molar refractivity (Wildman–Crippen MR) is 127 cm³/mol. The van der Waals surface area contributed by atoms with Gasteiger partial charge in [-0.05, 0) is 54.6 Å². The molecule has 0 unspecified atom stereocenters. The second-order valence-corrected chi connectivity index (χ2v) is 8.90. The number of hydrogen-bond donors (Lipinski definition) is 1. The number of ether oxygens (including phenoxy) is 1. The van der Waals surface area contributed by atoms with Gasteiger partial charge < -0.3 is 19.9 Å². The maximum atomic E-state index is 12.9. The Kier molecular flexibility index (Phi) is 5.96. The molecule has 2 aliphatic rings. The van der Waals surface area contributed by atoms with Gasteiger partial charge in [0.1, 0.15) is 5.75 Å². The fraction of sp³-hybridized carbons (Fsp3) is 0.346. The second-order valence-electron chi connectivity index (χ2n) is 8.90. The van der Waals surface area contributed by atoms with E-state index in [2.05, 4.69) is 22.2 Å². The summed E-state index contributed by atoms with van der Waals surface area (Å²) in [6, 6.07) is 15.7. The van der Waals surface area contributed by atoms with E-state index in [0.717, 1.165) is 54.0 Å². The van der Waals surface area contributed by atoms with E-state index < -0.39 is 0 Å². The van der Waals surface area contributed by atoms with Crippen LogP contribution in [0.2, 0.25) is 0 Å². The third kappa shape index (κ3) is 4.68. The lowest BCUT2D eigenvalue weighted by Crippen LogP contribution is -2.47. The summed E-state index contributed by atoms with van der Waals surface area (Å²) >= 11 is 0. The zero-order valence-electron chi connectivity index (χ0n) is 18.8. The number of amides is 2. The Balaban J connectivity index is 1.37. The Morgan fingerprint density at radius 2 is 1.88 bits per heavy atom. The van der Waals surface area contributed by atoms with Gasteiger partial charge in [-0.2, -0.15) is 0 Å². The number of likely N-dealkylation sites (N-methyl/N-ethyl adjacent to an activating group) is 1. The molecule has 2 fully saturated rings. The first-order chi connectivity index (χ1) is 16.1. The molecule has 0 spiro atoms. The van der Waals surface area contributed by atoms with Crippen LogP contribution in [0.5, 0.6) is 5.75 Å². The molecule has 2 aliphatic heterocycles. The fourth-order valence-electron chi connectivity index (χ4n) is 4.42. The van der Waals surface area contributed by atoms with Crippen LogP contribution in [-0.4, -0.2) is 73.0 Å². The van der Waals surface area contributed by atoms with Crippen molar-refractivity contribution < 1.29 is 14.3 Å². The van der Waals surface area contributed by atoms with Crippen LogP contribution in [0.25, 0.3) is 22.0 Å². The van der Waals surface area contributed by atoms with Crippen LogP contribution in [0.1, 0.15) is 16.8 Å². The molecule has 2 saturated heterocycles. The molecule has 1 aromatic heterocycles. The highest BCUT2D eigenvalue weighted by molar-refractivity contribution is 5.95. The van der Waals surface area contributed by atoms with Gasteiger partial charge in [-0.3, -0.25) is 14.6 Å². The highest BCUT2D eigenvalue weighted by Gasteiger charge is 2.23. The number of pyridine rings is 1. The summed E-state index contributed by atoms with van der Waals surface area (Å²) in [4.78, 5) is 33.0.